The Balaban J connectivity index is 1.31. The number of methoxy groups -OCH3 is 2. The summed E-state index contributed by atoms with van der Waals surface area (Å²) in [5.74, 6) is -0.287. The van der Waals surface area contributed by atoms with Crippen LogP contribution in [-0.4, -0.2) is 43.5 Å². The topological polar surface area (TPSA) is 140 Å². The maximum atomic E-state index is 13.6. The van der Waals surface area contributed by atoms with Crippen molar-refractivity contribution in [1.82, 2.24) is 0 Å². The number of fused-ring (bicyclic) bond motifs is 1. The van der Waals surface area contributed by atoms with Crippen LogP contribution in [-0.2, 0) is 24.7 Å². The summed E-state index contributed by atoms with van der Waals surface area (Å²) in [5.41, 5.74) is 0.948. The molecule has 0 fully saturated rings. The number of sulfone groups is 1. The van der Waals surface area contributed by atoms with Crippen LogP contribution < -0.4 is 24.8 Å². The quantitative estimate of drug-likeness (QED) is 0.173. The molecule has 0 bridgehead atoms. The number of hydrogen-bond donors (Lipinski definition) is 3. The number of anilines is 3. The van der Waals surface area contributed by atoms with Crippen molar-refractivity contribution in [3.8, 4) is 11.5 Å². The van der Waals surface area contributed by atoms with Crippen molar-refractivity contribution < 1.29 is 31.1 Å². The molecule has 5 rings (SSSR count). The largest absolute Gasteiger partial charge is 0.493 e. The van der Waals surface area contributed by atoms with Crippen LogP contribution in [0.4, 0.5) is 17.1 Å². The SMILES string of the molecule is COc1ccc(NCC(=O)Nc2ccc(S(=O)(=O)Nc3cccc4ccccc34)cc2)c(S(=O)(=O)c2ccccc2)c1OC. The molecule has 44 heavy (non-hydrogen) atoms. The maximum absolute atomic E-state index is 13.6. The van der Waals surface area contributed by atoms with E-state index in [1.54, 1.807) is 30.3 Å². The van der Waals surface area contributed by atoms with E-state index in [2.05, 4.69) is 15.4 Å². The molecule has 10 nitrogen and oxygen atoms in total. The lowest BCUT2D eigenvalue weighted by atomic mass is 10.1. The molecule has 3 N–H and O–H groups in total. The summed E-state index contributed by atoms with van der Waals surface area (Å²) in [5, 5.41) is 7.23. The van der Waals surface area contributed by atoms with Gasteiger partial charge < -0.3 is 20.1 Å². The summed E-state index contributed by atoms with van der Waals surface area (Å²) in [6, 6.07) is 29.4. The molecule has 5 aromatic carbocycles. The fourth-order valence-corrected chi connectivity index (χ4v) is 7.33. The van der Waals surface area contributed by atoms with Gasteiger partial charge in [-0.05, 0) is 60.0 Å². The molecule has 0 saturated carbocycles. The fraction of sp³-hybridized carbons (Fsp3) is 0.0938. The van der Waals surface area contributed by atoms with Gasteiger partial charge in [-0.15, -0.1) is 0 Å². The van der Waals surface area contributed by atoms with Crippen molar-refractivity contribution in [3.63, 3.8) is 0 Å². The number of sulfonamides is 1. The van der Waals surface area contributed by atoms with E-state index in [-0.39, 0.29) is 38.4 Å². The van der Waals surface area contributed by atoms with E-state index in [4.69, 9.17) is 9.47 Å². The van der Waals surface area contributed by atoms with Gasteiger partial charge in [0.25, 0.3) is 10.0 Å². The Morgan fingerprint density at radius 1 is 0.682 bits per heavy atom. The molecule has 12 heteroatoms. The monoisotopic (exact) mass is 631 g/mol. The number of benzene rings is 5. The number of hydrogen-bond acceptors (Lipinski definition) is 8. The Bertz CT molecular complexity index is 2030. The molecule has 0 aliphatic heterocycles. The predicted molar refractivity (Wildman–Crippen MR) is 170 cm³/mol. The minimum Gasteiger partial charge on any atom is -0.493 e. The van der Waals surface area contributed by atoms with Crippen molar-refractivity contribution in [2.24, 2.45) is 0 Å². The highest BCUT2D eigenvalue weighted by Crippen LogP contribution is 2.42. The number of nitrogens with one attached hydrogen (secondary N) is 3. The van der Waals surface area contributed by atoms with Gasteiger partial charge >= 0.3 is 0 Å². The lowest BCUT2D eigenvalue weighted by molar-refractivity contribution is -0.114. The molecular formula is C32H29N3O7S2. The van der Waals surface area contributed by atoms with Gasteiger partial charge in [0.1, 0.15) is 4.90 Å². The molecule has 226 valence electrons. The van der Waals surface area contributed by atoms with Crippen LogP contribution in [0.3, 0.4) is 0 Å². The van der Waals surface area contributed by atoms with E-state index >= 15 is 0 Å². The third kappa shape index (κ3) is 6.31. The summed E-state index contributed by atoms with van der Waals surface area (Å²) < 4.78 is 66.7. The molecule has 0 radical (unpaired) electrons. The summed E-state index contributed by atoms with van der Waals surface area (Å²) >= 11 is 0. The van der Waals surface area contributed by atoms with Crippen LogP contribution in [0.5, 0.6) is 11.5 Å². The molecular weight excluding hydrogens is 603 g/mol. The van der Waals surface area contributed by atoms with Gasteiger partial charge in [-0.2, -0.15) is 0 Å². The molecule has 0 unspecified atom stereocenters. The minimum atomic E-state index is -4.07. The highest BCUT2D eigenvalue weighted by molar-refractivity contribution is 7.92. The first kappa shape index (κ1) is 30.4. The molecule has 0 atom stereocenters. The molecule has 0 aromatic heterocycles. The number of carbonyl (C=O) groups is 1. The van der Waals surface area contributed by atoms with E-state index < -0.39 is 25.8 Å². The average Bonchev–Trinajstić information content (AvgIpc) is 3.04. The van der Waals surface area contributed by atoms with Gasteiger partial charge in [-0.3, -0.25) is 9.52 Å². The lowest BCUT2D eigenvalue weighted by Crippen LogP contribution is -2.23. The van der Waals surface area contributed by atoms with Gasteiger partial charge in [-0.1, -0.05) is 54.6 Å². The van der Waals surface area contributed by atoms with Gasteiger partial charge in [-0.25, -0.2) is 16.8 Å². The smallest absolute Gasteiger partial charge is 0.261 e. The third-order valence-electron chi connectivity index (χ3n) is 6.74. The Morgan fingerprint density at radius 2 is 1.36 bits per heavy atom. The van der Waals surface area contributed by atoms with Crippen LogP contribution in [0.25, 0.3) is 10.8 Å². The number of ether oxygens (including phenoxy) is 2. The lowest BCUT2D eigenvalue weighted by Gasteiger charge is -2.18. The summed E-state index contributed by atoms with van der Waals surface area (Å²) in [7, 11) is -5.24. The standard InChI is InChI=1S/C32H29N3O7S2/c1-41-29-20-19-28(32(31(29)42-2)43(37,38)24-11-4-3-5-12-24)33-21-30(36)34-23-15-17-25(18-16-23)44(39,40)35-27-14-8-10-22-9-6-7-13-26(22)27/h3-20,33,35H,21H2,1-2H3,(H,34,36). The Labute approximate surface area is 255 Å². The second-order valence-electron chi connectivity index (χ2n) is 9.55. The van der Waals surface area contributed by atoms with Gasteiger partial charge in [0.2, 0.25) is 15.7 Å². The van der Waals surface area contributed by atoms with Crippen molar-refractivity contribution in [2.75, 3.05) is 36.1 Å². The predicted octanol–water partition coefficient (Wildman–Crippen LogP) is 5.54. The normalized spacial score (nSPS) is 11.5. The van der Waals surface area contributed by atoms with Gasteiger partial charge in [0.05, 0.1) is 41.9 Å². The van der Waals surface area contributed by atoms with Crippen LogP contribution >= 0.6 is 0 Å². The highest BCUT2D eigenvalue weighted by Gasteiger charge is 2.29. The first-order valence-electron chi connectivity index (χ1n) is 13.3. The maximum Gasteiger partial charge on any atom is 0.261 e. The van der Waals surface area contributed by atoms with Crippen LogP contribution in [0.15, 0.2) is 124 Å². The zero-order chi connectivity index (χ0) is 31.3. The average molecular weight is 632 g/mol. The van der Waals surface area contributed by atoms with E-state index in [9.17, 15) is 21.6 Å². The molecule has 1 amide bonds. The Morgan fingerprint density at radius 3 is 2.07 bits per heavy atom. The Kier molecular flexibility index (Phi) is 8.74. The minimum absolute atomic E-state index is 0.00401. The summed E-state index contributed by atoms with van der Waals surface area (Å²) in [6.07, 6.45) is 0. The van der Waals surface area contributed by atoms with E-state index in [1.165, 1.54) is 62.8 Å². The molecule has 0 spiro atoms. The second-order valence-corrected chi connectivity index (χ2v) is 13.1. The van der Waals surface area contributed by atoms with Crippen LogP contribution in [0, 0.1) is 0 Å². The van der Waals surface area contributed by atoms with Crippen molar-refractivity contribution >= 4 is 53.6 Å². The van der Waals surface area contributed by atoms with Crippen LogP contribution in [0.1, 0.15) is 0 Å². The highest BCUT2D eigenvalue weighted by atomic mass is 32.2. The van der Waals surface area contributed by atoms with Gasteiger partial charge in [0, 0.05) is 11.1 Å². The molecule has 0 heterocycles. The zero-order valence-corrected chi connectivity index (χ0v) is 25.4. The molecule has 5 aromatic rings. The fourth-order valence-electron chi connectivity index (χ4n) is 4.64. The first-order chi connectivity index (χ1) is 21.1. The van der Waals surface area contributed by atoms with Gasteiger partial charge in [0.15, 0.2) is 11.5 Å². The number of amides is 1. The van der Waals surface area contributed by atoms with Crippen LogP contribution in [0.2, 0.25) is 0 Å². The van der Waals surface area contributed by atoms with E-state index in [0.29, 0.717) is 11.4 Å². The van der Waals surface area contributed by atoms with Crippen molar-refractivity contribution in [2.45, 2.75) is 14.7 Å². The molecule has 0 aliphatic rings. The van der Waals surface area contributed by atoms with E-state index in [0.717, 1.165) is 10.8 Å². The Hall–Kier alpha value is -5.07. The number of rotatable bonds is 11. The first-order valence-corrected chi connectivity index (χ1v) is 16.3. The van der Waals surface area contributed by atoms with E-state index in [1.807, 2.05) is 30.3 Å². The molecule has 0 aliphatic carbocycles. The molecule has 0 saturated heterocycles. The van der Waals surface area contributed by atoms with Crippen molar-refractivity contribution in [1.29, 1.82) is 0 Å². The zero-order valence-electron chi connectivity index (χ0n) is 23.8. The van der Waals surface area contributed by atoms with Crippen molar-refractivity contribution in [3.05, 3.63) is 109 Å². The summed E-state index contributed by atoms with van der Waals surface area (Å²) in [4.78, 5) is 12.7. The third-order valence-corrected chi connectivity index (χ3v) is 9.96. The second kappa shape index (κ2) is 12.7. The number of carbonyl (C=O) groups excluding carboxylic acids is 1. The summed E-state index contributed by atoms with van der Waals surface area (Å²) in [6.45, 7) is -0.296.